The zero-order chi connectivity index (χ0) is 10.7. The Hall–Kier alpha value is -1.49. The van der Waals surface area contributed by atoms with Crippen LogP contribution in [0.4, 0.5) is 0 Å². The predicted octanol–water partition coefficient (Wildman–Crippen LogP) is 1.23. The summed E-state index contributed by atoms with van der Waals surface area (Å²) in [6.07, 6.45) is 2.31. The fraction of sp³-hybridized carbons (Fsp3) is 0.300. The number of hydrogen-bond acceptors (Lipinski definition) is 4. The number of rotatable bonds is 4. The van der Waals surface area contributed by atoms with Crippen LogP contribution in [0, 0.1) is 0 Å². The summed E-state index contributed by atoms with van der Waals surface area (Å²) >= 11 is 1.60. The first kappa shape index (κ1) is 10.0. The Bertz CT molecular complexity index is 447. The molecule has 0 amide bonds. The molecule has 0 aliphatic heterocycles. The average Bonchev–Trinajstić information content (AvgIpc) is 2.79. The number of ketones is 1. The standard InChI is InChI=1S/C10H11N3OS/c1-13-10(11-7-12-13)6-8(14)5-9-3-2-4-15-9/h2-4,7H,5-6H2,1H3. The summed E-state index contributed by atoms with van der Waals surface area (Å²) in [7, 11) is 1.79. The summed E-state index contributed by atoms with van der Waals surface area (Å²) in [5.41, 5.74) is 0. The average molecular weight is 221 g/mol. The first-order valence-electron chi connectivity index (χ1n) is 4.62. The number of hydrogen-bond donors (Lipinski definition) is 0. The lowest BCUT2D eigenvalue weighted by Crippen LogP contribution is -2.10. The van der Waals surface area contributed by atoms with Crippen LogP contribution in [0.3, 0.4) is 0 Å². The molecule has 0 unspecified atom stereocenters. The topological polar surface area (TPSA) is 47.8 Å². The largest absolute Gasteiger partial charge is 0.299 e. The maximum atomic E-state index is 11.7. The van der Waals surface area contributed by atoms with Gasteiger partial charge in [-0.1, -0.05) is 6.07 Å². The van der Waals surface area contributed by atoms with Crippen molar-refractivity contribution >= 4 is 17.1 Å². The Balaban J connectivity index is 1.96. The maximum absolute atomic E-state index is 11.7. The zero-order valence-electron chi connectivity index (χ0n) is 8.38. The van der Waals surface area contributed by atoms with E-state index in [-0.39, 0.29) is 5.78 Å². The zero-order valence-corrected chi connectivity index (χ0v) is 9.20. The maximum Gasteiger partial charge on any atom is 0.145 e. The van der Waals surface area contributed by atoms with Gasteiger partial charge in [0.25, 0.3) is 0 Å². The second-order valence-electron chi connectivity index (χ2n) is 3.27. The first-order chi connectivity index (χ1) is 7.25. The highest BCUT2D eigenvalue weighted by Crippen LogP contribution is 2.10. The number of thiophene rings is 1. The van der Waals surface area contributed by atoms with E-state index in [1.807, 2.05) is 17.5 Å². The van der Waals surface area contributed by atoms with Crippen molar-refractivity contribution in [2.45, 2.75) is 12.8 Å². The molecule has 2 aromatic heterocycles. The van der Waals surface area contributed by atoms with Crippen LogP contribution < -0.4 is 0 Å². The predicted molar refractivity (Wildman–Crippen MR) is 57.7 cm³/mol. The molecule has 0 aromatic carbocycles. The summed E-state index contributed by atoms with van der Waals surface area (Å²) in [4.78, 5) is 16.8. The van der Waals surface area contributed by atoms with Gasteiger partial charge in [0.2, 0.25) is 0 Å². The lowest BCUT2D eigenvalue weighted by atomic mass is 10.2. The third-order valence-corrected chi connectivity index (χ3v) is 2.99. The highest BCUT2D eigenvalue weighted by Gasteiger charge is 2.09. The van der Waals surface area contributed by atoms with Gasteiger partial charge in [-0.05, 0) is 11.4 Å². The summed E-state index contributed by atoms with van der Waals surface area (Å²) < 4.78 is 1.63. The molecule has 0 N–H and O–H groups in total. The van der Waals surface area contributed by atoms with Crippen molar-refractivity contribution in [2.75, 3.05) is 0 Å². The highest BCUT2D eigenvalue weighted by atomic mass is 32.1. The molecule has 0 spiro atoms. The van der Waals surface area contributed by atoms with Gasteiger partial charge in [-0.2, -0.15) is 5.10 Å². The monoisotopic (exact) mass is 221 g/mol. The molecule has 0 bridgehead atoms. The van der Waals surface area contributed by atoms with Crippen LogP contribution in [0.1, 0.15) is 10.7 Å². The van der Waals surface area contributed by atoms with Crippen molar-refractivity contribution in [1.29, 1.82) is 0 Å². The van der Waals surface area contributed by atoms with Crippen LogP contribution in [-0.2, 0) is 24.7 Å². The van der Waals surface area contributed by atoms with Crippen LogP contribution in [0.15, 0.2) is 23.8 Å². The van der Waals surface area contributed by atoms with E-state index >= 15 is 0 Å². The molecule has 0 aliphatic rings. The number of carbonyl (C=O) groups excluding carboxylic acids is 1. The minimum Gasteiger partial charge on any atom is -0.299 e. The van der Waals surface area contributed by atoms with Gasteiger partial charge in [-0.15, -0.1) is 11.3 Å². The summed E-state index contributed by atoms with van der Waals surface area (Å²) in [5.74, 6) is 0.894. The third-order valence-electron chi connectivity index (χ3n) is 2.11. The van der Waals surface area contributed by atoms with Crippen LogP contribution in [-0.4, -0.2) is 20.5 Å². The SMILES string of the molecule is Cn1ncnc1CC(=O)Cc1cccs1. The molecule has 0 saturated carbocycles. The number of aryl methyl sites for hydroxylation is 1. The van der Waals surface area contributed by atoms with E-state index in [0.29, 0.717) is 12.8 Å². The second-order valence-corrected chi connectivity index (χ2v) is 4.30. The number of Topliss-reactive ketones (excluding diaryl/α,β-unsaturated/α-hetero) is 1. The van der Waals surface area contributed by atoms with Gasteiger partial charge in [0, 0.05) is 18.3 Å². The first-order valence-corrected chi connectivity index (χ1v) is 5.50. The molecule has 78 valence electrons. The molecule has 0 aliphatic carbocycles. The number of aromatic nitrogens is 3. The molecule has 5 heteroatoms. The number of nitrogens with zero attached hydrogens (tertiary/aromatic N) is 3. The Morgan fingerprint density at radius 3 is 3.00 bits per heavy atom. The normalized spacial score (nSPS) is 10.5. The van der Waals surface area contributed by atoms with Crippen molar-refractivity contribution < 1.29 is 4.79 Å². The minimum atomic E-state index is 0.175. The van der Waals surface area contributed by atoms with Gasteiger partial charge in [-0.3, -0.25) is 9.48 Å². The van der Waals surface area contributed by atoms with Crippen LogP contribution in [0.2, 0.25) is 0 Å². The fourth-order valence-electron chi connectivity index (χ4n) is 1.33. The van der Waals surface area contributed by atoms with Gasteiger partial charge in [0.05, 0.1) is 6.42 Å². The molecule has 0 fully saturated rings. The minimum absolute atomic E-state index is 0.175. The van der Waals surface area contributed by atoms with Crippen molar-refractivity contribution in [3.8, 4) is 0 Å². The molecule has 2 rings (SSSR count). The molecule has 15 heavy (non-hydrogen) atoms. The molecular weight excluding hydrogens is 210 g/mol. The lowest BCUT2D eigenvalue weighted by Gasteiger charge is -1.98. The molecule has 0 saturated heterocycles. The van der Waals surface area contributed by atoms with E-state index in [9.17, 15) is 4.79 Å². The van der Waals surface area contributed by atoms with Gasteiger partial charge < -0.3 is 0 Å². The van der Waals surface area contributed by atoms with Gasteiger partial charge >= 0.3 is 0 Å². The molecule has 2 heterocycles. The van der Waals surface area contributed by atoms with E-state index in [4.69, 9.17) is 0 Å². The molecule has 0 radical (unpaired) electrons. The quantitative estimate of drug-likeness (QED) is 0.780. The summed E-state index contributed by atoms with van der Waals surface area (Å²) in [6.45, 7) is 0. The van der Waals surface area contributed by atoms with Gasteiger partial charge in [0.1, 0.15) is 17.9 Å². The molecule has 0 atom stereocenters. The Morgan fingerprint density at radius 2 is 2.40 bits per heavy atom. The second kappa shape index (κ2) is 4.35. The van der Waals surface area contributed by atoms with Crippen molar-refractivity contribution in [3.05, 3.63) is 34.5 Å². The molecular formula is C10H11N3OS. The van der Waals surface area contributed by atoms with Gasteiger partial charge in [-0.25, -0.2) is 4.98 Å². The van der Waals surface area contributed by atoms with Crippen molar-refractivity contribution in [3.63, 3.8) is 0 Å². The van der Waals surface area contributed by atoms with Crippen molar-refractivity contribution in [1.82, 2.24) is 14.8 Å². The molecule has 2 aromatic rings. The van der Waals surface area contributed by atoms with Crippen molar-refractivity contribution in [2.24, 2.45) is 7.05 Å². The summed E-state index contributed by atoms with van der Waals surface area (Å²) in [6, 6.07) is 3.93. The fourth-order valence-corrected chi connectivity index (χ4v) is 2.06. The Morgan fingerprint density at radius 1 is 1.53 bits per heavy atom. The van der Waals surface area contributed by atoms with E-state index in [2.05, 4.69) is 10.1 Å². The van der Waals surface area contributed by atoms with E-state index < -0.39 is 0 Å². The Kier molecular flexibility index (Phi) is 2.91. The third kappa shape index (κ3) is 2.50. The molecule has 4 nitrogen and oxygen atoms in total. The van der Waals surface area contributed by atoms with Crippen LogP contribution in [0.25, 0.3) is 0 Å². The van der Waals surface area contributed by atoms with E-state index in [1.165, 1.54) is 6.33 Å². The van der Waals surface area contributed by atoms with E-state index in [0.717, 1.165) is 10.7 Å². The highest BCUT2D eigenvalue weighted by molar-refractivity contribution is 7.10. The van der Waals surface area contributed by atoms with Crippen LogP contribution >= 0.6 is 11.3 Å². The van der Waals surface area contributed by atoms with Gasteiger partial charge in [0.15, 0.2) is 0 Å². The lowest BCUT2D eigenvalue weighted by molar-refractivity contribution is -0.117. The number of carbonyl (C=O) groups is 1. The summed E-state index contributed by atoms with van der Waals surface area (Å²) in [5, 5.41) is 5.90. The van der Waals surface area contributed by atoms with Crippen LogP contribution in [0.5, 0.6) is 0 Å². The Labute approximate surface area is 91.6 Å². The smallest absolute Gasteiger partial charge is 0.145 e. The van der Waals surface area contributed by atoms with E-state index in [1.54, 1.807) is 23.1 Å².